The number of likely N-dealkylation sites (N-methyl/N-ethyl adjacent to an activating group) is 1. The third kappa shape index (κ3) is 4.01. The van der Waals surface area contributed by atoms with Crippen LogP contribution in [-0.2, 0) is 0 Å². The van der Waals surface area contributed by atoms with Crippen LogP contribution in [0.25, 0.3) is 21.0 Å². The molecule has 4 rings (SSSR count). The summed E-state index contributed by atoms with van der Waals surface area (Å²) < 4.78 is 6.77. The molecule has 0 aliphatic rings. The molecule has 5 nitrogen and oxygen atoms in total. The summed E-state index contributed by atoms with van der Waals surface area (Å²) in [5.74, 6) is 0.735. The summed E-state index contributed by atoms with van der Waals surface area (Å²) in [5.41, 5.74) is 1.51. The number of fused-ring (bicyclic) bond motifs is 2. The van der Waals surface area contributed by atoms with Gasteiger partial charge in [-0.3, -0.25) is 9.69 Å². The Morgan fingerprint density at radius 3 is 2.63 bits per heavy atom. The minimum atomic E-state index is -0.0231. The van der Waals surface area contributed by atoms with E-state index in [0.717, 1.165) is 33.3 Å². The molecule has 0 saturated heterocycles. The van der Waals surface area contributed by atoms with Gasteiger partial charge in [0.1, 0.15) is 11.3 Å². The minimum Gasteiger partial charge on any atom is -0.492 e. The van der Waals surface area contributed by atoms with Crippen LogP contribution in [0, 0.1) is 0 Å². The molecular formula is C24H26N3O2S+. The molecule has 4 aromatic rings. The summed E-state index contributed by atoms with van der Waals surface area (Å²) in [6.07, 6.45) is 0. The Hall–Kier alpha value is -2.96. The SMILES string of the molecule is CCOc1cccc2sc(N(CC[NH+](C)C)C(=O)c3cccc4ccccc34)nc12. The highest BCUT2D eigenvalue weighted by Gasteiger charge is 2.24. The molecule has 0 unspecified atom stereocenters. The number of hydrogen-bond acceptors (Lipinski definition) is 4. The van der Waals surface area contributed by atoms with Crippen LogP contribution < -0.4 is 14.5 Å². The van der Waals surface area contributed by atoms with Crippen LogP contribution >= 0.6 is 11.3 Å². The maximum atomic E-state index is 13.7. The second-order valence-electron chi connectivity index (χ2n) is 7.47. The topological polar surface area (TPSA) is 46.9 Å². The molecule has 154 valence electrons. The monoisotopic (exact) mass is 420 g/mol. The van der Waals surface area contributed by atoms with E-state index in [1.165, 1.54) is 16.2 Å². The molecule has 0 spiro atoms. The fraction of sp³-hybridized carbons (Fsp3) is 0.250. The van der Waals surface area contributed by atoms with E-state index in [1.807, 2.05) is 72.5 Å². The van der Waals surface area contributed by atoms with Crippen molar-refractivity contribution in [2.24, 2.45) is 0 Å². The highest BCUT2D eigenvalue weighted by Crippen LogP contribution is 2.35. The Bertz CT molecular complexity index is 1180. The molecule has 3 aromatic carbocycles. The fourth-order valence-electron chi connectivity index (χ4n) is 3.48. The molecule has 1 N–H and O–H groups in total. The molecule has 1 heterocycles. The number of aromatic nitrogens is 1. The Kier molecular flexibility index (Phi) is 5.97. The zero-order valence-electron chi connectivity index (χ0n) is 17.5. The van der Waals surface area contributed by atoms with Crippen LogP contribution in [0.1, 0.15) is 17.3 Å². The van der Waals surface area contributed by atoms with Crippen LogP contribution in [0.2, 0.25) is 0 Å². The van der Waals surface area contributed by atoms with Crippen molar-refractivity contribution in [3.8, 4) is 5.75 Å². The first-order valence-corrected chi connectivity index (χ1v) is 11.0. The fourth-order valence-corrected chi connectivity index (χ4v) is 4.48. The van der Waals surface area contributed by atoms with Crippen LogP contribution in [0.3, 0.4) is 0 Å². The number of quaternary nitrogens is 1. The van der Waals surface area contributed by atoms with Gasteiger partial charge < -0.3 is 9.64 Å². The van der Waals surface area contributed by atoms with Crippen LogP contribution in [-0.4, -0.2) is 44.7 Å². The summed E-state index contributed by atoms with van der Waals surface area (Å²) in [5, 5.41) is 2.73. The van der Waals surface area contributed by atoms with Crippen molar-refractivity contribution in [1.82, 2.24) is 4.98 Å². The Morgan fingerprint density at radius 2 is 1.83 bits per heavy atom. The van der Waals surface area contributed by atoms with Gasteiger partial charge in [-0.15, -0.1) is 0 Å². The van der Waals surface area contributed by atoms with Gasteiger partial charge in [-0.1, -0.05) is 53.8 Å². The smallest absolute Gasteiger partial charge is 0.260 e. The first-order valence-electron chi connectivity index (χ1n) is 10.2. The molecule has 30 heavy (non-hydrogen) atoms. The number of carbonyl (C=O) groups excluding carboxylic acids is 1. The molecule has 0 aliphatic heterocycles. The van der Waals surface area contributed by atoms with E-state index in [2.05, 4.69) is 14.1 Å². The highest BCUT2D eigenvalue weighted by molar-refractivity contribution is 7.22. The van der Waals surface area contributed by atoms with Gasteiger partial charge in [0, 0.05) is 5.56 Å². The molecule has 0 aliphatic carbocycles. The summed E-state index contributed by atoms with van der Waals surface area (Å²) in [6.45, 7) is 3.95. The second kappa shape index (κ2) is 8.81. The Labute approximate surface area is 180 Å². The molecule has 0 radical (unpaired) electrons. The van der Waals surface area contributed by atoms with Crippen molar-refractivity contribution in [2.75, 3.05) is 38.7 Å². The zero-order valence-corrected chi connectivity index (χ0v) is 18.3. The average molecular weight is 421 g/mol. The quantitative estimate of drug-likeness (QED) is 0.497. The number of benzene rings is 3. The van der Waals surface area contributed by atoms with Crippen molar-refractivity contribution in [3.63, 3.8) is 0 Å². The first kappa shape index (κ1) is 20.3. The van der Waals surface area contributed by atoms with Crippen molar-refractivity contribution < 1.29 is 14.4 Å². The molecule has 1 amide bonds. The molecule has 0 bridgehead atoms. The van der Waals surface area contributed by atoms with Gasteiger partial charge in [-0.05, 0) is 35.9 Å². The number of hydrogen-bond donors (Lipinski definition) is 1. The normalized spacial score (nSPS) is 11.3. The molecule has 6 heteroatoms. The summed E-state index contributed by atoms with van der Waals surface area (Å²) in [4.78, 5) is 21.6. The van der Waals surface area contributed by atoms with Gasteiger partial charge in [0.05, 0.1) is 38.5 Å². The summed E-state index contributed by atoms with van der Waals surface area (Å²) in [6, 6.07) is 19.8. The third-order valence-electron chi connectivity index (χ3n) is 5.00. The van der Waals surface area contributed by atoms with E-state index in [4.69, 9.17) is 9.72 Å². The van der Waals surface area contributed by atoms with Gasteiger partial charge in [-0.2, -0.15) is 0 Å². The van der Waals surface area contributed by atoms with Gasteiger partial charge in [0.15, 0.2) is 5.13 Å². The van der Waals surface area contributed by atoms with Gasteiger partial charge >= 0.3 is 0 Å². The maximum Gasteiger partial charge on any atom is 0.260 e. The van der Waals surface area contributed by atoms with Crippen molar-refractivity contribution in [3.05, 3.63) is 66.2 Å². The van der Waals surface area contributed by atoms with Crippen LogP contribution in [0.4, 0.5) is 5.13 Å². The lowest BCUT2D eigenvalue weighted by Gasteiger charge is -2.21. The van der Waals surface area contributed by atoms with E-state index in [-0.39, 0.29) is 5.91 Å². The van der Waals surface area contributed by atoms with Crippen LogP contribution in [0.15, 0.2) is 60.7 Å². The molecule has 0 fully saturated rings. The van der Waals surface area contributed by atoms with Crippen LogP contribution in [0.5, 0.6) is 5.75 Å². The summed E-state index contributed by atoms with van der Waals surface area (Å²) >= 11 is 1.53. The lowest BCUT2D eigenvalue weighted by atomic mass is 10.0. The number of nitrogens with zero attached hydrogens (tertiary/aromatic N) is 2. The highest BCUT2D eigenvalue weighted by atomic mass is 32.1. The molecule has 1 aromatic heterocycles. The van der Waals surface area contributed by atoms with E-state index >= 15 is 0 Å². The predicted octanol–water partition coefficient (Wildman–Crippen LogP) is 3.64. The number of thiazole rings is 1. The Balaban J connectivity index is 1.79. The standard InChI is InChI=1S/C24H25N3O2S/c1-4-29-20-13-8-14-21-22(20)25-24(30-21)27(16-15-26(2)3)23(28)19-12-7-10-17-9-5-6-11-18(17)19/h5-14H,4,15-16H2,1-3H3/p+1. The molecule has 0 atom stereocenters. The van der Waals surface area contributed by atoms with Gasteiger partial charge in [-0.25, -0.2) is 4.98 Å². The largest absolute Gasteiger partial charge is 0.492 e. The number of carbonyl (C=O) groups is 1. The van der Waals surface area contributed by atoms with Crippen molar-refractivity contribution in [2.45, 2.75) is 6.92 Å². The van der Waals surface area contributed by atoms with Crippen molar-refractivity contribution in [1.29, 1.82) is 0 Å². The second-order valence-corrected chi connectivity index (χ2v) is 8.48. The number of ether oxygens (including phenoxy) is 1. The van der Waals surface area contributed by atoms with Gasteiger partial charge in [0.2, 0.25) is 0 Å². The number of nitrogens with one attached hydrogen (secondary N) is 1. The predicted molar refractivity (Wildman–Crippen MR) is 124 cm³/mol. The average Bonchev–Trinajstić information content (AvgIpc) is 3.18. The number of rotatable bonds is 7. The third-order valence-corrected chi connectivity index (χ3v) is 6.05. The number of anilines is 1. The Morgan fingerprint density at radius 1 is 1.07 bits per heavy atom. The lowest BCUT2D eigenvalue weighted by molar-refractivity contribution is -0.856. The zero-order chi connectivity index (χ0) is 21.1. The maximum absolute atomic E-state index is 13.7. The lowest BCUT2D eigenvalue weighted by Crippen LogP contribution is -3.06. The van der Waals surface area contributed by atoms with E-state index in [0.29, 0.717) is 23.8 Å². The molecular weight excluding hydrogens is 394 g/mol. The van der Waals surface area contributed by atoms with Crippen molar-refractivity contribution >= 4 is 43.4 Å². The van der Waals surface area contributed by atoms with E-state index in [1.54, 1.807) is 0 Å². The minimum absolute atomic E-state index is 0.0231. The van der Waals surface area contributed by atoms with E-state index in [9.17, 15) is 4.79 Å². The summed E-state index contributed by atoms with van der Waals surface area (Å²) in [7, 11) is 4.18. The number of amides is 1. The van der Waals surface area contributed by atoms with E-state index < -0.39 is 0 Å². The number of para-hydroxylation sites is 1. The first-order chi connectivity index (χ1) is 14.6. The molecule has 0 saturated carbocycles. The van der Waals surface area contributed by atoms with Gasteiger partial charge in [0.25, 0.3) is 5.91 Å².